The second-order valence-corrected chi connectivity index (χ2v) is 4.25. The minimum Gasteiger partial charge on any atom is -0.293 e. The van der Waals surface area contributed by atoms with Gasteiger partial charge in [0, 0.05) is 16.8 Å². The first-order chi connectivity index (χ1) is 7.08. The van der Waals surface area contributed by atoms with Gasteiger partial charge in [-0.15, -0.1) is 0 Å². The van der Waals surface area contributed by atoms with E-state index in [1.54, 1.807) is 6.92 Å². The van der Waals surface area contributed by atoms with Gasteiger partial charge in [-0.2, -0.15) is 0 Å². The Morgan fingerprint density at radius 1 is 1.33 bits per heavy atom. The maximum absolute atomic E-state index is 11.4. The van der Waals surface area contributed by atoms with Crippen LogP contribution in [0.1, 0.15) is 23.2 Å². The molecule has 0 aliphatic carbocycles. The standard InChI is InChI=1S/C11H9BrN2O/c1-6(15)11-9-4-3-8(12)5-10(9)13-7(2)14-11/h3-5H,1-2H3. The molecule has 76 valence electrons. The van der Waals surface area contributed by atoms with Crippen molar-refractivity contribution in [1.82, 2.24) is 9.97 Å². The van der Waals surface area contributed by atoms with Crippen LogP contribution in [0.25, 0.3) is 10.9 Å². The van der Waals surface area contributed by atoms with Gasteiger partial charge in [-0.05, 0) is 25.1 Å². The molecule has 2 aromatic rings. The molecule has 0 fully saturated rings. The Kier molecular flexibility index (Phi) is 2.52. The van der Waals surface area contributed by atoms with Gasteiger partial charge in [-0.25, -0.2) is 9.97 Å². The van der Waals surface area contributed by atoms with E-state index in [4.69, 9.17) is 0 Å². The fourth-order valence-corrected chi connectivity index (χ4v) is 1.84. The molecule has 0 unspecified atom stereocenters. The van der Waals surface area contributed by atoms with Crippen molar-refractivity contribution in [3.05, 3.63) is 34.2 Å². The van der Waals surface area contributed by atoms with Gasteiger partial charge in [-0.3, -0.25) is 4.79 Å². The van der Waals surface area contributed by atoms with E-state index < -0.39 is 0 Å². The van der Waals surface area contributed by atoms with Crippen LogP contribution in [0.5, 0.6) is 0 Å². The van der Waals surface area contributed by atoms with Crippen LogP contribution < -0.4 is 0 Å². The van der Waals surface area contributed by atoms with Crippen molar-refractivity contribution in [2.24, 2.45) is 0 Å². The molecule has 0 saturated heterocycles. The summed E-state index contributed by atoms with van der Waals surface area (Å²) in [4.78, 5) is 19.8. The third kappa shape index (κ3) is 1.90. The molecular weight excluding hydrogens is 256 g/mol. The van der Waals surface area contributed by atoms with Crippen molar-refractivity contribution in [2.75, 3.05) is 0 Å². The Morgan fingerprint density at radius 2 is 2.07 bits per heavy atom. The molecule has 0 atom stereocenters. The van der Waals surface area contributed by atoms with Crippen LogP contribution >= 0.6 is 15.9 Å². The summed E-state index contributed by atoms with van der Waals surface area (Å²) in [5.74, 6) is 0.582. The first-order valence-electron chi connectivity index (χ1n) is 4.53. The van der Waals surface area contributed by atoms with Gasteiger partial charge in [0.1, 0.15) is 11.5 Å². The predicted molar refractivity (Wildman–Crippen MR) is 62.0 cm³/mol. The molecule has 0 N–H and O–H groups in total. The minimum absolute atomic E-state index is 0.0344. The Balaban J connectivity index is 2.86. The quantitative estimate of drug-likeness (QED) is 0.744. The van der Waals surface area contributed by atoms with E-state index in [-0.39, 0.29) is 5.78 Å². The number of fused-ring (bicyclic) bond motifs is 1. The van der Waals surface area contributed by atoms with E-state index in [1.165, 1.54) is 6.92 Å². The summed E-state index contributed by atoms with van der Waals surface area (Å²) in [6, 6.07) is 5.62. The molecule has 0 radical (unpaired) electrons. The normalized spacial score (nSPS) is 10.6. The van der Waals surface area contributed by atoms with Gasteiger partial charge in [0.25, 0.3) is 0 Å². The number of Topliss-reactive ketones (excluding diaryl/α,β-unsaturated/α-hetero) is 1. The molecule has 1 aromatic heterocycles. The Labute approximate surface area is 95.7 Å². The highest BCUT2D eigenvalue weighted by molar-refractivity contribution is 9.10. The number of rotatable bonds is 1. The zero-order valence-electron chi connectivity index (χ0n) is 8.41. The third-order valence-corrected chi connectivity index (χ3v) is 2.60. The van der Waals surface area contributed by atoms with Gasteiger partial charge in [0.15, 0.2) is 5.78 Å². The van der Waals surface area contributed by atoms with Crippen molar-refractivity contribution in [3.8, 4) is 0 Å². The number of aryl methyl sites for hydroxylation is 1. The van der Waals surface area contributed by atoms with Gasteiger partial charge in [0.05, 0.1) is 5.52 Å². The van der Waals surface area contributed by atoms with Crippen LogP contribution in [0.4, 0.5) is 0 Å². The van der Waals surface area contributed by atoms with Crippen molar-refractivity contribution in [3.63, 3.8) is 0 Å². The van der Waals surface area contributed by atoms with Gasteiger partial charge < -0.3 is 0 Å². The molecule has 2 rings (SSSR count). The van der Waals surface area contributed by atoms with Crippen LogP contribution in [0, 0.1) is 6.92 Å². The number of ketones is 1. The molecule has 4 heteroatoms. The molecule has 0 bridgehead atoms. The number of carbonyl (C=O) groups excluding carboxylic acids is 1. The number of halogens is 1. The highest BCUT2D eigenvalue weighted by Gasteiger charge is 2.09. The molecule has 0 saturated carbocycles. The first kappa shape index (κ1) is 10.2. The molecule has 0 aliphatic rings. The fourth-order valence-electron chi connectivity index (χ4n) is 1.49. The van der Waals surface area contributed by atoms with E-state index >= 15 is 0 Å². The summed E-state index contributed by atoms with van der Waals surface area (Å²) < 4.78 is 0.947. The predicted octanol–water partition coefficient (Wildman–Crippen LogP) is 2.90. The van der Waals surface area contributed by atoms with Gasteiger partial charge in [0.2, 0.25) is 0 Å². The van der Waals surface area contributed by atoms with Crippen LogP contribution in [-0.4, -0.2) is 15.8 Å². The van der Waals surface area contributed by atoms with Crippen molar-refractivity contribution >= 4 is 32.6 Å². The average molecular weight is 265 g/mol. The lowest BCUT2D eigenvalue weighted by Gasteiger charge is -2.03. The molecule has 1 heterocycles. The lowest BCUT2D eigenvalue weighted by Crippen LogP contribution is -2.02. The molecule has 3 nitrogen and oxygen atoms in total. The van der Waals surface area contributed by atoms with E-state index in [0.29, 0.717) is 11.5 Å². The largest absolute Gasteiger partial charge is 0.293 e. The molecule has 1 aromatic carbocycles. The molecular formula is C11H9BrN2O. The van der Waals surface area contributed by atoms with Gasteiger partial charge >= 0.3 is 0 Å². The summed E-state index contributed by atoms with van der Waals surface area (Å²) in [5.41, 5.74) is 1.28. The Hall–Kier alpha value is -1.29. The maximum Gasteiger partial charge on any atom is 0.178 e. The summed E-state index contributed by atoms with van der Waals surface area (Å²) in [6.45, 7) is 3.30. The summed E-state index contributed by atoms with van der Waals surface area (Å²) in [7, 11) is 0. The average Bonchev–Trinajstić information content (AvgIpc) is 2.15. The van der Waals surface area contributed by atoms with Crippen molar-refractivity contribution in [1.29, 1.82) is 0 Å². The van der Waals surface area contributed by atoms with E-state index in [1.807, 2.05) is 18.2 Å². The highest BCUT2D eigenvalue weighted by Crippen LogP contribution is 2.20. The second kappa shape index (κ2) is 3.70. The van der Waals surface area contributed by atoms with Crippen LogP contribution in [0.2, 0.25) is 0 Å². The molecule has 0 amide bonds. The molecule has 0 spiro atoms. The number of benzene rings is 1. The summed E-state index contributed by atoms with van der Waals surface area (Å²) in [5, 5.41) is 0.802. The van der Waals surface area contributed by atoms with Crippen molar-refractivity contribution < 1.29 is 4.79 Å². The van der Waals surface area contributed by atoms with E-state index in [0.717, 1.165) is 15.4 Å². The van der Waals surface area contributed by atoms with Crippen LogP contribution in [-0.2, 0) is 0 Å². The fraction of sp³-hybridized carbons (Fsp3) is 0.182. The molecule has 15 heavy (non-hydrogen) atoms. The second-order valence-electron chi connectivity index (χ2n) is 3.34. The third-order valence-electron chi connectivity index (χ3n) is 2.10. The zero-order chi connectivity index (χ0) is 11.0. The number of nitrogens with zero attached hydrogens (tertiary/aromatic N) is 2. The maximum atomic E-state index is 11.4. The van der Waals surface area contributed by atoms with E-state index in [2.05, 4.69) is 25.9 Å². The van der Waals surface area contributed by atoms with Gasteiger partial charge in [-0.1, -0.05) is 15.9 Å². The summed E-state index contributed by atoms with van der Waals surface area (Å²) in [6.07, 6.45) is 0. The van der Waals surface area contributed by atoms with Crippen molar-refractivity contribution in [2.45, 2.75) is 13.8 Å². The monoisotopic (exact) mass is 264 g/mol. The Morgan fingerprint density at radius 3 is 2.73 bits per heavy atom. The zero-order valence-corrected chi connectivity index (χ0v) is 10.00. The van der Waals surface area contributed by atoms with Crippen LogP contribution in [0.3, 0.4) is 0 Å². The molecule has 0 aliphatic heterocycles. The number of carbonyl (C=O) groups is 1. The Bertz CT molecular complexity index is 546. The first-order valence-corrected chi connectivity index (χ1v) is 5.32. The SMILES string of the molecule is CC(=O)c1nc(C)nc2cc(Br)ccc12. The summed E-state index contributed by atoms with van der Waals surface area (Å²) >= 11 is 3.37. The van der Waals surface area contributed by atoms with E-state index in [9.17, 15) is 4.79 Å². The van der Waals surface area contributed by atoms with Crippen LogP contribution in [0.15, 0.2) is 22.7 Å². The number of aromatic nitrogens is 2. The minimum atomic E-state index is -0.0344. The number of hydrogen-bond acceptors (Lipinski definition) is 3. The smallest absolute Gasteiger partial charge is 0.178 e. The highest BCUT2D eigenvalue weighted by atomic mass is 79.9. The number of hydrogen-bond donors (Lipinski definition) is 0. The topological polar surface area (TPSA) is 42.9 Å². The lowest BCUT2D eigenvalue weighted by molar-refractivity contribution is 0.101. The lowest BCUT2D eigenvalue weighted by atomic mass is 10.1.